The van der Waals surface area contributed by atoms with Gasteiger partial charge < -0.3 is 19.7 Å². The maximum Gasteiger partial charge on any atom is 0.293 e. The third-order valence-corrected chi connectivity index (χ3v) is 6.34. The van der Waals surface area contributed by atoms with E-state index in [-0.39, 0.29) is 28.0 Å². The number of thiocarbonyl (C=S) groups is 1. The lowest BCUT2D eigenvalue weighted by atomic mass is 10.1. The number of nitro benzene ring substituents is 1. The molecular formula is C26H23N5O5S. The van der Waals surface area contributed by atoms with Crippen molar-refractivity contribution in [2.24, 2.45) is 0 Å². The number of amides is 1. The van der Waals surface area contributed by atoms with Crippen LogP contribution in [-0.2, 0) is 0 Å². The van der Waals surface area contributed by atoms with Gasteiger partial charge in [-0.25, -0.2) is 4.98 Å². The van der Waals surface area contributed by atoms with E-state index in [2.05, 4.69) is 15.6 Å². The van der Waals surface area contributed by atoms with Crippen LogP contribution < -0.4 is 15.5 Å². The molecular weight excluding hydrogens is 494 g/mol. The Bertz CT molecular complexity index is 1480. The Morgan fingerprint density at radius 2 is 1.86 bits per heavy atom. The molecule has 1 aromatic heterocycles. The van der Waals surface area contributed by atoms with Crippen LogP contribution in [0.2, 0.25) is 0 Å². The number of carbonyl (C=O) groups excluding carboxylic acids is 1. The number of carbonyl (C=O) groups is 1. The Kier molecular flexibility index (Phi) is 6.69. The second-order valence-corrected chi connectivity index (χ2v) is 9.04. The lowest BCUT2D eigenvalue weighted by molar-refractivity contribution is -0.384. The molecule has 5 rings (SSSR count). The van der Waals surface area contributed by atoms with Gasteiger partial charge >= 0.3 is 0 Å². The molecule has 1 aliphatic rings. The number of phenols is 1. The zero-order valence-corrected chi connectivity index (χ0v) is 20.5. The minimum atomic E-state index is -0.585. The number of hydrogen-bond acceptors (Lipinski definition) is 8. The number of hydrogen-bond donors (Lipinski definition) is 3. The molecule has 0 radical (unpaired) electrons. The number of rotatable bonds is 5. The van der Waals surface area contributed by atoms with E-state index < -0.39 is 10.8 Å². The van der Waals surface area contributed by atoms with Crippen LogP contribution in [0.4, 0.5) is 17.1 Å². The van der Waals surface area contributed by atoms with E-state index in [9.17, 15) is 20.0 Å². The molecule has 4 aromatic rings. The average Bonchev–Trinajstić information content (AvgIpc) is 3.32. The van der Waals surface area contributed by atoms with Gasteiger partial charge in [0, 0.05) is 36.5 Å². The molecule has 1 fully saturated rings. The highest BCUT2D eigenvalue weighted by molar-refractivity contribution is 7.80. The highest BCUT2D eigenvalue weighted by atomic mass is 32.1. The molecule has 3 N–H and O–H groups in total. The fraction of sp³-hybridized carbons (Fsp3) is 0.192. The van der Waals surface area contributed by atoms with Gasteiger partial charge in [0.05, 0.1) is 10.5 Å². The van der Waals surface area contributed by atoms with E-state index in [0.717, 1.165) is 32.4 Å². The van der Waals surface area contributed by atoms with Crippen LogP contribution in [0.1, 0.15) is 29.6 Å². The summed E-state index contributed by atoms with van der Waals surface area (Å²) in [4.78, 5) is 30.3. The Hall–Kier alpha value is -4.51. The number of benzene rings is 3. The summed E-state index contributed by atoms with van der Waals surface area (Å²) in [5.41, 5.74) is 2.61. The largest absolute Gasteiger partial charge is 0.507 e. The summed E-state index contributed by atoms with van der Waals surface area (Å²) in [5.74, 6) is -0.400. The number of piperidine rings is 1. The molecule has 188 valence electrons. The van der Waals surface area contributed by atoms with Crippen molar-refractivity contribution in [2.75, 3.05) is 23.3 Å². The van der Waals surface area contributed by atoms with Crippen molar-refractivity contribution in [3.63, 3.8) is 0 Å². The summed E-state index contributed by atoms with van der Waals surface area (Å²) in [6.07, 6.45) is 3.06. The van der Waals surface area contributed by atoms with E-state index in [1.165, 1.54) is 12.1 Å². The molecule has 0 unspecified atom stereocenters. The minimum absolute atomic E-state index is 0.0261. The van der Waals surface area contributed by atoms with Crippen molar-refractivity contribution in [2.45, 2.75) is 19.3 Å². The van der Waals surface area contributed by atoms with Crippen LogP contribution in [0, 0.1) is 10.1 Å². The summed E-state index contributed by atoms with van der Waals surface area (Å²) < 4.78 is 5.71. The fourth-order valence-electron chi connectivity index (χ4n) is 4.33. The molecule has 0 bridgehead atoms. The molecule has 0 spiro atoms. The number of aromatic hydroxyl groups is 1. The normalized spacial score (nSPS) is 13.4. The summed E-state index contributed by atoms with van der Waals surface area (Å²) >= 11 is 5.24. The minimum Gasteiger partial charge on any atom is -0.507 e. The monoisotopic (exact) mass is 517 g/mol. The van der Waals surface area contributed by atoms with Crippen LogP contribution >= 0.6 is 12.2 Å². The molecule has 10 nitrogen and oxygen atoms in total. The second kappa shape index (κ2) is 10.2. The van der Waals surface area contributed by atoms with Gasteiger partial charge in [-0.15, -0.1) is 0 Å². The van der Waals surface area contributed by atoms with Crippen LogP contribution in [0.3, 0.4) is 0 Å². The van der Waals surface area contributed by atoms with Crippen molar-refractivity contribution < 1.29 is 19.2 Å². The number of fused-ring (bicyclic) bond motifs is 1. The molecule has 1 aliphatic heterocycles. The van der Waals surface area contributed by atoms with Crippen molar-refractivity contribution in [3.05, 3.63) is 76.3 Å². The van der Waals surface area contributed by atoms with Crippen LogP contribution in [-0.4, -0.2) is 39.1 Å². The smallest absolute Gasteiger partial charge is 0.293 e. The standard InChI is InChI=1S/C26H23N5O5S/c32-22-15-17(9-10-18(22)25-28-19-6-2-3-7-23(19)36-25)27-26(37)29-24(33)16-8-11-20(21(14-16)31(34)35)30-12-4-1-5-13-30/h2-3,6-11,14-15,32H,1,4-5,12-13H2,(H2,27,29,33,37). The molecule has 3 aromatic carbocycles. The first-order chi connectivity index (χ1) is 17.9. The van der Waals surface area contributed by atoms with Crippen molar-refractivity contribution >= 4 is 51.4 Å². The third-order valence-electron chi connectivity index (χ3n) is 6.14. The summed E-state index contributed by atoms with van der Waals surface area (Å²) in [6, 6.07) is 16.4. The summed E-state index contributed by atoms with van der Waals surface area (Å²) in [7, 11) is 0. The number of oxazole rings is 1. The molecule has 2 heterocycles. The van der Waals surface area contributed by atoms with Crippen LogP contribution in [0.5, 0.6) is 5.75 Å². The number of para-hydroxylation sites is 2. The van der Waals surface area contributed by atoms with Gasteiger partial charge in [0.15, 0.2) is 10.7 Å². The van der Waals surface area contributed by atoms with Crippen molar-refractivity contribution in [1.29, 1.82) is 0 Å². The first-order valence-corrected chi connectivity index (χ1v) is 12.1. The van der Waals surface area contributed by atoms with Gasteiger partial charge in [0.1, 0.15) is 17.0 Å². The number of aromatic nitrogens is 1. The van der Waals surface area contributed by atoms with E-state index in [0.29, 0.717) is 28.0 Å². The summed E-state index contributed by atoms with van der Waals surface area (Å²) in [5, 5.41) is 27.5. The van der Waals surface area contributed by atoms with Gasteiger partial charge in [-0.1, -0.05) is 12.1 Å². The Morgan fingerprint density at radius 3 is 2.59 bits per heavy atom. The fourth-order valence-corrected chi connectivity index (χ4v) is 4.54. The maximum atomic E-state index is 12.8. The number of nitrogens with zero attached hydrogens (tertiary/aromatic N) is 3. The number of nitrogens with one attached hydrogen (secondary N) is 2. The van der Waals surface area contributed by atoms with E-state index in [1.807, 2.05) is 23.1 Å². The van der Waals surface area contributed by atoms with Gasteiger partial charge in [-0.05, 0) is 67.9 Å². The topological polar surface area (TPSA) is 134 Å². The Labute approximate surface area is 217 Å². The Balaban J connectivity index is 1.27. The second-order valence-electron chi connectivity index (χ2n) is 8.64. The van der Waals surface area contributed by atoms with E-state index in [4.69, 9.17) is 16.6 Å². The van der Waals surface area contributed by atoms with Crippen molar-refractivity contribution in [1.82, 2.24) is 10.3 Å². The Morgan fingerprint density at radius 1 is 1.08 bits per heavy atom. The molecule has 0 aliphatic carbocycles. The van der Waals surface area contributed by atoms with Gasteiger partial charge in [-0.2, -0.15) is 0 Å². The number of anilines is 2. The van der Waals surface area contributed by atoms with Crippen LogP contribution in [0.25, 0.3) is 22.6 Å². The molecule has 37 heavy (non-hydrogen) atoms. The van der Waals surface area contributed by atoms with Crippen molar-refractivity contribution in [3.8, 4) is 17.2 Å². The molecule has 1 saturated heterocycles. The highest BCUT2D eigenvalue weighted by Crippen LogP contribution is 2.33. The lowest BCUT2D eigenvalue weighted by Crippen LogP contribution is -2.34. The molecule has 1 amide bonds. The van der Waals surface area contributed by atoms with Gasteiger partial charge in [0.2, 0.25) is 5.89 Å². The molecule has 0 atom stereocenters. The number of nitro groups is 1. The predicted octanol–water partition coefficient (Wildman–Crippen LogP) is 5.23. The first-order valence-electron chi connectivity index (χ1n) is 11.7. The highest BCUT2D eigenvalue weighted by Gasteiger charge is 2.23. The first kappa shape index (κ1) is 24.2. The lowest BCUT2D eigenvalue weighted by Gasteiger charge is -2.28. The molecule has 0 saturated carbocycles. The predicted molar refractivity (Wildman–Crippen MR) is 144 cm³/mol. The third kappa shape index (κ3) is 5.21. The van der Waals surface area contributed by atoms with Gasteiger partial charge in [-0.3, -0.25) is 20.2 Å². The molecule has 11 heteroatoms. The van der Waals surface area contributed by atoms with Gasteiger partial charge in [0.25, 0.3) is 11.6 Å². The zero-order valence-electron chi connectivity index (χ0n) is 19.6. The van der Waals surface area contributed by atoms with E-state index >= 15 is 0 Å². The zero-order chi connectivity index (χ0) is 25.9. The van der Waals surface area contributed by atoms with E-state index in [1.54, 1.807) is 30.3 Å². The average molecular weight is 518 g/mol. The SMILES string of the molecule is O=C(NC(=S)Nc1ccc(-c2nc3ccccc3o2)c(O)c1)c1ccc(N2CCCCC2)c([N+](=O)[O-])c1. The quantitative estimate of drug-likeness (QED) is 0.185. The maximum absolute atomic E-state index is 12.8. The number of phenolic OH excluding ortho intramolecular Hbond substituents is 1. The summed E-state index contributed by atoms with van der Waals surface area (Å²) in [6.45, 7) is 1.50. The van der Waals surface area contributed by atoms with Crippen LogP contribution in [0.15, 0.2) is 65.1 Å².